The fourth-order valence-corrected chi connectivity index (χ4v) is 2.85. The normalized spacial score (nSPS) is 24.5. The first-order valence-electron chi connectivity index (χ1n) is 7.58. The van der Waals surface area contributed by atoms with Crippen LogP contribution in [0, 0.1) is 11.8 Å². The van der Waals surface area contributed by atoms with Gasteiger partial charge < -0.3 is 10.4 Å². The van der Waals surface area contributed by atoms with E-state index >= 15 is 0 Å². The number of nitrogens with one attached hydrogen (secondary N) is 1. The number of nitrogens with zero attached hydrogens (tertiary/aromatic N) is 2. The molecule has 0 bridgehead atoms. The lowest BCUT2D eigenvalue weighted by atomic mass is 9.82. The molecule has 20 heavy (non-hydrogen) atoms. The van der Waals surface area contributed by atoms with E-state index in [0.29, 0.717) is 12.0 Å². The molecule has 1 unspecified atom stereocenters. The van der Waals surface area contributed by atoms with Gasteiger partial charge in [0.15, 0.2) is 0 Å². The van der Waals surface area contributed by atoms with Crippen molar-refractivity contribution in [2.45, 2.75) is 52.1 Å². The van der Waals surface area contributed by atoms with Crippen LogP contribution in [0.5, 0.6) is 0 Å². The second-order valence-electron chi connectivity index (χ2n) is 5.82. The van der Waals surface area contributed by atoms with Gasteiger partial charge in [0.1, 0.15) is 0 Å². The molecule has 0 amide bonds. The summed E-state index contributed by atoms with van der Waals surface area (Å²) >= 11 is 0. The van der Waals surface area contributed by atoms with E-state index in [-0.39, 0.29) is 5.92 Å². The van der Waals surface area contributed by atoms with Crippen LogP contribution < -0.4 is 5.32 Å². The van der Waals surface area contributed by atoms with Gasteiger partial charge in [0.05, 0.1) is 12.1 Å². The minimum absolute atomic E-state index is 0.119. The second-order valence-corrected chi connectivity index (χ2v) is 5.82. The van der Waals surface area contributed by atoms with Gasteiger partial charge in [-0.2, -0.15) is 5.10 Å². The van der Waals surface area contributed by atoms with E-state index in [2.05, 4.69) is 30.5 Å². The standard InChI is InChI=1S/C15H25N3O2/c1-3-18-10-14(9-17-18)11(2)16-8-12-4-6-13(7-5-12)15(19)20/h9-13,16H,3-8H2,1-2H3,(H,19,20). The Balaban J connectivity index is 1.74. The average molecular weight is 279 g/mol. The van der Waals surface area contributed by atoms with Gasteiger partial charge in [0.25, 0.3) is 0 Å². The monoisotopic (exact) mass is 279 g/mol. The first-order chi connectivity index (χ1) is 9.60. The zero-order valence-electron chi connectivity index (χ0n) is 12.4. The maximum atomic E-state index is 10.9. The third-order valence-corrected chi connectivity index (χ3v) is 4.39. The number of rotatable bonds is 6. The van der Waals surface area contributed by atoms with Crippen molar-refractivity contribution in [1.29, 1.82) is 0 Å². The van der Waals surface area contributed by atoms with Crippen molar-refractivity contribution in [1.82, 2.24) is 15.1 Å². The maximum absolute atomic E-state index is 10.9. The van der Waals surface area contributed by atoms with Crippen LogP contribution in [0.2, 0.25) is 0 Å². The van der Waals surface area contributed by atoms with Gasteiger partial charge in [-0.15, -0.1) is 0 Å². The molecule has 5 nitrogen and oxygen atoms in total. The zero-order chi connectivity index (χ0) is 14.5. The Hall–Kier alpha value is -1.36. The van der Waals surface area contributed by atoms with Crippen molar-refractivity contribution < 1.29 is 9.90 Å². The van der Waals surface area contributed by atoms with Crippen LogP contribution in [0.25, 0.3) is 0 Å². The molecule has 1 atom stereocenters. The fourth-order valence-electron chi connectivity index (χ4n) is 2.85. The number of carboxylic acid groups (broad SMARTS) is 1. The highest BCUT2D eigenvalue weighted by Gasteiger charge is 2.25. The molecule has 1 fully saturated rings. The highest BCUT2D eigenvalue weighted by atomic mass is 16.4. The van der Waals surface area contributed by atoms with Crippen molar-refractivity contribution in [3.05, 3.63) is 18.0 Å². The van der Waals surface area contributed by atoms with Crippen LogP contribution in [0.3, 0.4) is 0 Å². The summed E-state index contributed by atoms with van der Waals surface area (Å²) in [7, 11) is 0. The summed E-state index contributed by atoms with van der Waals surface area (Å²) in [5.41, 5.74) is 1.21. The van der Waals surface area contributed by atoms with E-state index in [0.717, 1.165) is 38.8 Å². The zero-order valence-corrected chi connectivity index (χ0v) is 12.4. The second kappa shape index (κ2) is 6.88. The highest BCUT2D eigenvalue weighted by Crippen LogP contribution is 2.28. The molecule has 0 aliphatic heterocycles. The van der Waals surface area contributed by atoms with Gasteiger partial charge in [0.2, 0.25) is 0 Å². The van der Waals surface area contributed by atoms with Crippen LogP contribution >= 0.6 is 0 Å². The van der Waals surface area contributed by atoms with Crippen molar-refractivity contribution in [3.8, 4) is 0 Å². The van der Waals surface area contributed by atoms with Gasteiger partial charge in [0, 0.05) is 24.3 Å². The van der Waals surface area contributed by atoms with E-state index in [9.17, 15) is 4.79 Å². The third-order valence-electron chi connectivity index (χ3n) is 4.39. The number of carboxylic acids is 1. The molecule has 1 aliphatic carbocycles. The van der Waals surface area contributed by atoms with E-state index in [1.165, 1.54) is 5.56 Å². The summed E-state index contributed by atoms with van der Waals surface area (Å²) in [6.07, 6.45) is 7.69. The van der Waals surface area contributed by atoms with E-state index < -0.39 is 5.97 Å². The summed E-state index contributed by atoms with van der Waals surface area (Å²) in [6.45, 7) is 6.09. The van der Waals surface area contributed by atoms with Gasteiger partial charge in [-0.1, -0.05) is 0 Å². The van der Waals surface area contributed by atoms with Gasteiger partial charge in [-0.25, -0.2) is 0 Å². The van der Waals surface area contributed by atoms with Crippen molar-refractivity contribution in [2.75, 3.05) is 6.54 Å². The molecule has 112 valence electrons. The van der Waals surface area contributed by atoms with Gasteiger partial charge in [-0.05, 0) is 52.0 Å². The van der Waals surface area contributed by atoms with E-state index in [1.807, 2.05) is 10.9 Å². The Morgan fingerprint density at radius 2 is 2.20 bits per heavy atom. The summed E-state index contributed by atoms with van der Waals surface area (Å²) < 4.78 is 1.94. The average Bonchev–Trinajstić information content (AvgIpc) is 2.94. The number of aryl methyl sites for hydroxylation is 1. The summed E-state index contributed by atoms with van der Waals surface area (Å²) in [5.74, 6) is -0.141. The Labute approximate surface area is 120 Å². The van der Waals surface area contributed by atoms with Crippen LogP contribution in [-0.2, 0) is 11.3 Å². The van der Waals surface area contributed by atoms with Crippen LogP contribution in [0.1, 0.15) is 51.1 Å². The largest absolute Gasteiger partial charge is 0.481 e. The molecular weight excluding hydrogens is 254 g/mol. The molecule has 2 rings (SSSR count). The predicted octanol–water partition coefficient (Wildman–Crippen LogP) is 2.44. The predicted molar refractivity (Wildman–Crippen MR) is 77.4 cm³/mol. The van der Waals surface area contributed by atoms with E-state index in [1.54, 1.807) is 0 Å². The quantitative estimate of drug-likeness (QED) is 0.839. The Morgan fingerprint density at radius 1 is 1.50 bits per heavy atom. The van der Waals surface area contributed by atoms with Crippen molar-refractivity contribution in [3.63, 3.8) is 0 Å². The molecule has 0 radical (unpaired) electrons. The first kappa shape index (κ1) is 15.0. The lowest BCUT2D eigenvalue weighted by Gasteiger charge is -2.27. The van der Waals surface area contributed by atoms with Crippen LogP contribution in [-0.4, -0.2) is 27.4 Å². The van der Waals surface area contributed by atoms with Crippen LogP contribution in [0.4, 0.5) is 0 Å². The molecule has 5 heteroatoms. The minimum Gasteiger partial charge on any atom is -0.481 e. The Morgan fingerprint density at radius 3 is 2.75 bits per heavy atom. The molecule has 1 saturated carbocycles. The van der Waals surface area contributed by atoms with Gasteiger partial charge in [-0.3, -0.25) is 9.48 Å². The lowest BCUT2D eigenvalue weighted by Crippen LogP contribution is -2.30. The fraction of sp³-hybridized carbons (Fsp3) is 0.733. The smallest absolute Gasteiger partial charge is 0.306 e. The first-order valence-corrected chi connectivity index (χ1v) is 7.58. The molecule has 0 aromatic carbocycles. The number of carbonyl (C=O) groups is 1. The molecule has 1 aromatic heterocycles. The highest BCUT2D eigenvalue weighted by molar-refractivity contribution is 5.69. The number of hydrogen-bond acceptors (Lipinski definition) is 3. The van der Waals surface area contributed by atoms with E-state index in [4.69, 9.17) is 5.11 Å². The molecule has 1 aliphatic rings. The molecule has 1 aromatic rings. The molecule has 0 spiro atoms. The lowest BCUT2D eigenvalue weighted by molar-refractivity contribution is -0.143. The number of aromatic nitrogens is 2. The summed E-state index contributed by atoms with van der Waals surface area (Å²) in [5, 5.41) is 16.8. The molecular formula is C15H25N3O2. The third kappa shape index (κ3) is 3.82. The summed E-state index contributed by atoms with van der Waals surface area (Å²) in [6, 6.07) is 0.299. The molecule has 2 N–H and O–H groups in total. The van der Waals surface area contributed by atoms with Crippen molar-refractivity contribution in [2.24, 2.45) is 11.8 Å². The minimum atomic E-state index is -0.628. The van der Waals surface area contributed by atoms with Gasteiger partial charge >= 0.3 is 5.97 Å². The molecule has 0 saturated heterocycles. The number of aliphatic carboxylic acids is 1. The SMILES string of the molecule is CCn1cc(C(C)NCC2CCC(C(=O)O)CC2)cn1. The van der Waals surface area contributed by atoms with Crippen molar-refractivity contribution >= 4 is 5.97 Å². The Kier molecular flexibility index (Phi) is 5.17. The number of hydrogen-bond donors (Lipinski definition) is 2. The maximum Gasteiger partial charge on any atom is 0.306 e. The molecule has 1 heterocycles. The Bertz CT molecular complexity index is 436. The summed E-state index contributed by atoms with van der Waals surface area (Å²) in [4.78, 5) is 10.9. The van der Waals surface area contributed by atoms with Crippen LogP contribution in [0.15, 0.2) is 12.4 Å². The topological polar surface area (TPSA) is 67.2 Å².